The lowest BCUT2D eigenvalue weighted by atomic mass is 9.60. The maximum Gasteiger partial charge on any atom is 0.302 e. The van der Waals surface area contributed by atoms with Gasteiger partial charge in [0.2, 0.25) is 0 Å². The zero-order valence-electron chi connectivity index (χ0n) is 23.9. The van der Waals surface area contributed by atoms with E-state index in [2.05, 4.69) is 51.9 Å². The predicted molar refractivity (Wildman–Crippen MR) is 148 cm³/mol. The molecule has 4 nitrogen and oxygen atoms in total. The largest absolute Gasteiger partial charge is 0.462 e. The second kappa shape index (κ2) is 11.4. The Morgan fingerprint density at radius 3 is 2.67 bits per heavy atom. The molecule has 0 saturated heterocycles. The minimum atomic E-state index is -0.333. The van der Waals surface area contributed by atoms with Crippen molar-refractivity contribution in [3.8, 4) is 0 Å². The van der Waals surface area contributed by atoms with E-state index < -0.39 is 0 Å². The number of esters is 1. The molecule has 36 heavy (non-hydrogen) atoms. The SMILES string of the molecule is CCC1=NO[C@]2(CC[C@H](OC(C)=O)C/C2=C\C=C2/CCC[C@]3(C)[C@@H]([C@H](C)CCCC(C)C)CC[C@@H]23)C1. The van der Waals surface area contributed by atoms with Gasteiger partial charge in [0.15, 0.2) is 5.60 Å². The molecule has 0 amide bonds. The molecule has 4 aliphatic rings. The van der Waals surface area contributed by atoms with Crippen LogP contribution < -0.4 is 0 Å². The van der Waals surface area contributed by atoms with Gasteiger partial charge >= 0.3 is 5.97 Å². The van der Waals surface area contributed by atoms with E-state index in [4.69, 9.17) is 9.57 Å². The number of carbonyl (C=O) groups excluding carboxylic acids is 1. The molecule has 6 atom stereocenters. The summed E-state index contributed by atoms with van der Waals surface area (Å²) in [5.41, 5.74) is 4.17. The molecule has 0 bridgehead atoms. The smallest absolute Gasteiger partial charge is 0.302 e. The number of oxime groups is 1. The molecule has 4 heteroatoms. The highest BCUT2D eigenvalue weighted by molar-refractivity contribution is 5.86. The first-order valence-electron chi connectivity index (χ1n) is 15.0. The molecule has 3 fully saturated rings. The van der Waals surface area contributed by atoms with Crippen LogP contribution in [0.15, 0.2) is 28.5 Å². The Balaban J connectivity index is 1.52. The highest BCUT2D eigenvalue weighted by Gasteiger charge is 2.51. The molecule has 0 aromatic carbocycles. The van der Waals surface area contributed by atoms with Crippen LogP contribution in [0.4, 0.5) is 0 Å². The summed E-state index contributed by atoms with van der Waals surface area (Å²) in [5.74, 6) is 3.00. The number of carbonyl (C=O) groups is 1. The number of allylic oxidation sites excluding steroid dienone is 3. The molecule has 1 spiro atoms. The van der Waals surface area contributed by atoms with E-state index in [-0.39, 0.29) is 17.7 Å². The average molecular weight is 498 g/mol. The molecular formula is C32H51NO3. The topological polar surface area (TPSA) is 47.9 Å². The van der Waals surface area contributed by atoms with Gasteiger partial charge in [-0.05, 0) is 86.0 Å². The van der Waals surface area contributed by atoms with E-state index in [1.165, 1.54) is 63.9 Å². The van der Waals surface area contributed by atoms with Crippen molar-refractivity contribution >= 4 is 11.7 Å². The number of nitrogens with zero attached hydrogens (tertiary/aromatic N) is 1. The Morgan fingerprint density at radius 1 is 1.17 bits per heavy atom. The first-order chi connectivity index (χ1) is 17.2. The fourth-order valence-corrected chi connectivity index (χ4v) is 8.16. The molecule has 0 radical (unpaired) electrons. The van der Waals surface area contributed by atoms with Crippen molar-refractivity contribution in [3.63, 3.8) is 0 Å². The van der Waals surface area contributed by atoms with Gasteiger partial charge in [-0.25, -0.2) is 0 Å². The van der Waals surface area contributed by atoms with Crippen molar-refractivity contribution in [2.75, 3.05) is 0 Å². The third kappa shape index (κ3) is 5.78. The Morgan fingerprint density at radius 2 is 1.97 bits per heavy atom. The van der Waals surface area contributed by atoms with Crippen molar-refractivity contribution in [1.29, 1.82) is 0 Å². The molecule has 4 rings (SSSR count). The first kappa shape index (κ1) is 27.5. The Bertz CT molecular complexity index is 886. The lowest BCUT2D eigenvalue weighted by Crippen LogP contribution is -2.40. The van der Waals surface area contributed by atoms with E-state index in [0.717, 1.165) is 55.6 Å². The molecule has 0 aromatic heterocycles. The van der Waals surface area contributed by atoms with Crippen LogP contribution in [0.3, 0.4) is 0 Å². The number of rotatable bonds is 8. The van der Waals surface area contributed by atoms with Gasteiger partial charge in [0.25, 0.3) is 0 Å². The molecule has 3 saturated carbocycles. The third-order valence-electron chi connectivity index (χ3n) is 10.1. The van der Waals surface area contributed by atoms with E-state index in [1.54, 1.807) is 5.57 Å². The molecule has 0 unspecified atom stereocenters. The fraction of sp³-hybridized carbons (Fsp3) is 0.812. The van der Waals surface area contributed by atoms with Gasteiger partial charge < -0.3 is 9.57 Å². The van der Waals surface area contributed by atoms with Crippen molar-refractivity contribution in [2.24, 2.45) is 34.2 Å². The summed E-state index contributed by atoms with van der Waals surface area (Å²) in [6.45, 7) is 13.5. The van der Waals surface area contributed by atoms with Crippen LogP contribution in [0, 0.1) is 29.1 Å². The van der Waals surface area contributed by atoms with Gasteiger partial charge in [-0.2, -0.15) is 0 Å². The first-order valence-corrected chi connectivity index (χ1v) is 15.0. The van der Waals surface area contributed by atoms with Gasteiger partial charge in [-0.3, -0.25) is 4.79 Å². The minimum Gasteiger partial charge on any atom is -0.462 e. The van der Waals surface area contributed by atoms with Gasteiger partial charge in [0, 0.05) is 19.8 Å². The van der Waals surface area contributed by atoms with E-state index in [9.17, 15) is 4.79 Å². The molecule has 1 heterocycles. The molecule has 0 N–H and O–H groups in total. The van der Waals surface area contributed by atoms with Crippen molar-refractivity contribution in [3.05, 3.63) is 23.3 Å². The predicted octanol–water partition coefficient (Wildman–Crippen LogP) is 8.56. The lowest BCUT2D eigenvalue weighted by Gasteiger charge is -2.44. The van der Waals surface area contributed by atoms with Gasteiger partial charge in [-0.15, -0.1) is 0 Å². The average Bonchev–Trinajstić information content (AvgIpc) is 3.40. The number of hydrogen-bond donors (Lipinski definition) is 0. The summed E-state index contributed by atoms with van der Waals surface area (Å²) in [4.78, 5) is 17.8. The monoisotopic (exact) mass is 497 g/mol. The summed E-state index contributed by atoms with van der Waals surface area (Å²) < 4.78 is 5.65. The third-order valence-corrected chi connectivity index (χ3v) is 10.1. The van der Waals surface area contributed by atoms with Crippen molar-refractivity contribution in [1.82, 2.24) is 0 Å². The highest BCUT2D eigenvalue weighted by atomic mass is 16.7. The van der Waals surface area contributed by atoms with Gasteiger partial charge in [-0.1, -0.05) is 76.8 Å². The summed E-state index contributed by atoms with van der Waals surface area (Å²) in [7, 11) is 0. The van der Waals surface area contributed by atoms with Crippen LogP contribution in [-0.2, 0) is 14.4 Å². The van der Waals surface area contributed by atoms with Crippen LogP contribution in [0.2, 0.25) is 0 Å². The summed E-state index contributed by atoms with van der Waals surface area (Å²) >= 11 is 0. The molecular weight excluding hydrogens is 446 g/mol. The standard InChI is InChI=1S/C32H51NO3/c1-7-27-21-32(36-33-27)19-17-28(35-24(5)34)20-26(32)14-13-25-12-9-18-31(6)29(15-16-30(25)31)23(4)11-8-10-22(2)3/h13-14,22-23,28-30H,7-12,15-21H2,1-6H3/b25-13+,26-14+/t23-,28+,29-,30+,31-,32-/m1/s1. The van der Waals surface area contributed by atoms with Crippen molar-refractivity contribution in [2.45, 2.75) is 137 Å². The van der Waals surface area contributed by atoms with Gasteiger partial charge in [0.1, 0.15) is 6.10 Å². The number of ether oxygens (including phenoxy) is 1. The number of fused-ring (bicyclic) bond motifs is 1. The lowest BCUT2D eigenvalue weighted by molar-refractivity contribution is -0.149. The Labute approximate surface area is 220 Å². The summed E-state index contributed by atoms with van der Waals surface area (Å²) in [6, 6.07) is 0. The van der Waals surface area contributed by atoms with Crippen molar-refractivity contribution < 1.29 is 14.4 Å². The summed E-state index contributed by atoms with van der Waals surface area (Å²) in [5, 5.41) is 4.44. The highest BCUT2D eigenvalue weighted by Crippen LogP contribution is 2.60. The maximum absolute atomic E-state index is 11.7. The molecule has 202 valence electrons. The Hall–Kier alpha value is -1.58. The normalized spacial score (nSPS) is 37.3. The Kier molecular flexibility index (Phi) is 8.72. The van der Waals surface area contributed by atoms with Crippen LogP contribution >= 0.6 is 0 Å². The summed E-state index contributed by atoms with van der Waals surface area (Å²) in [6.07, 6.45) is 19.8. The van der Waals surface area contributed by atoms with E-state index in [0.29, 0.717) is 11.3 Å². The quantitative estimate of drug-likeness (QED) is 0.316. The maximum atomic E-state index is 11.7. The van der Waals surface area contributed by atoms with Crippen LogP contribution in [-0.4, -0.2) is 23.4 Å². The van der Waals surface area contributed by atoms with Crippen LogP contribution in [0.1, 0.15) is 125 Å². The fourth-order valence-electron chi connectivity index (χ4n) is 8.16. The van der Waals surface area contributed by atoms with Crippen LogP contribution in [0.25, 0.3) is 0 Å². The van der Waals surface area contributed by atoms with Gasteiger partial charge in [0.05, 0.1) is 5.71 Å². The molecule has 3 aliphatic carbocycles. The second-order valence-corrected chi connectivity index (χ2v) is 13.1. The van der Waals surface area contributed by atoms with E-state index in [1.807, 2.05) is 0 Å². The second-order valence-electron chi connectivity index (χ2n) is 13.1. The number of hydrogen-bond acceptors (Lipinski definition) is 4. The molecule has 0 aromatic rings. The molecule has 1 aliphatic heterocycles. The zero-order chi connectivity index (χ0) is 25.9. The minimum absolute atomic E-state index is 0.0498. The van der Waals surface area contributed by atoms with E-state index >= 15 is 0 Å². The van der Waals surface area contributed by atoms with Crippen LogP contribution in [0.5, 0.6) is 0 Å². The zero-order valence-corrected chi connectivity index (χ0v) is 23.9.